The van der Waals surface area contributed by atoms with Gasteiger partial charge in [0.15, 0.2) is 11.5 Å². The molecule has 1 atom stereocenters. The van der Waals surface area contributed by atoms with Crippen molar-refractivity contribution >= 4 is 5.97 Å². The average molecular weight is 290 g/mol. The van der Waals surface area contributed by atoms with Gasteiger partial charge in [-0.1, -0.05) is 24.3 Å². The minimum Gasteiger partial charge on any atom is -0.493 e. The van der Waals surface area contributed by atoms with Gasteiger partial charge in [-0.3, -0.25) is 4.79 Å². The zero-order valence-corrected chi connectivity index (χ0v) is 11.5. The van der Waals surface area contributed by atoms with Crippen LogP contribution in [0.1, 0.15) is 11.5 Å². The van der Waals surface area contributed by atoms with Crippen LogP contribution >= 0.6 is 0 Å². The topological polar surface area (TPSA) is 55.8 Å². The summed E-state index contributed by atoms with van der Waals surface area (Å²) in [5.74, 6) is -1.54. The summed E-state index contributed by atoms with van der Waals surface area (Å²) < 4.78 is 23.9. The van der Waals surface area contributed by atoms with E-state index in [4.69, 9.17) is 9.47 Å². The quantitative estimate of drug-likeness (QED) is 0.888. The van der Waals surface area contributed by atoms with E-state index in [1.54, 1.807) is 30.3 Å². The number of hydrogen-bond acceptors (Lipinski definition) is 3. The number of ether oxygens (including phenoxy) is 2. The van der Waals surface area contributed by atoms with Crippen LogP contribution in [-0.2, 0) is 4.79 Å². The maximum Gasteiger partial charge on any atom is 0.314 e. The van der Waals surface area contributed by atoms with Crippen LogP contribution in [0, 0.1) is 5.82 Å². The molecule has 2 aromatic rings. The molecule has 5 heteroatoms. The first-order valence-electron chi connectivity index (χ1n) is 6.36. The molecule has 4 nitrogen and oxygen atoms in total. The molecule has 0 aliphatic carbocycles. The lowest BCUT2D eigenvalue weighted by Gasteiger charge is -2.15. The van der Waals surface area contributed by atoms with E-state index >= 15 is 0 Å². The SMILES string of the molecule is COc1ccccc1OCC(C(=O)O)c1cccc(F)c1. The number of carbonyl (C=O) groups is 1. The molecular formula is C16H15FO4. The zero-order chi connectivity index (χ0) is 15.2. The summed E-state index contributed by atoms with van der Waals surface area (Å²) in [6.45, 7) is -0.112. The van der Waals surface area contributed by atoms with E-state index in [1.807, 2.05) is 0 Å². The number of aliphatic carboxylic acids is 1. The summed E-state index contributed by atoms with van der Waals surface area (Å²) in [4.78, 5) is 11.4. The van der Waals surface area contributed by atoms with Crippen LogP contribution in [0.3, 0.4) is 0 Å². The first-order valence-corrected chi connectivity index (χ1v) is 6.36. The van der Waals surface area contributed by atoms with Crippen LogP contribution in [0.2, 0.25) is 0 Å². The highest BCUT2D eigenvalue weighted by Crippen LogP contribution is 2.27. The van der Waals surface area contributed by atoms with Crippen LogP contribution in [0.5, 0.6) is 11.5 Å². The fraction of sp³-hybridized carbons (Fsp3) is 0.188. The normalized spacial score (nSPS) is 11.7. The molecule has 2 rings (SSSR count). The molecule has 0 saturated heterocycles. The highest BCUT2D eigenvalue weighted by Gasteiger charge is 2.21. The molecule has 0 saturated carbocycles. The van der Waals surface area contributed by atoms with Crippen LogP contribution in [0.4, 0.5) is 4.39 Å². The first-order chi connectivity index (χ1) is 10.1. The molecule has 0 aromatic heterocycles. The van der Waals surface area contributed by atoms with Gasteiger partial charge in [0.1, 0.15) is 18.3 Å². The largest absolute Gasteiger partial charge is 0.493 e. The van der Waals surface area contributed by atoms with Gasteiger partial charge in [-0.15, -0.1) is 0 Å². The van der Waals surface area contributed by atoms with E-state index in [0.29, 0.717) is 17.1 Å². The van der Waals surface area contributed by atoms with Gasteiger partial charge in [0, 0.05) is 0 Å². The Morgan fingerprint density at radius 1 is 1.19 bits per heavy atom. The van der Waals surface area contributed by atoms with Gasteiger partial charge >= 0.3 is 5.97 Å². The Morgan fingerprint density at radius 2 is 1.90 bits per heavy atom. The highest BCUT2D eigenvalue weighted by atomic mass is 19.1. The maximum absolute atomic E-state index is 13.2. The Hall–Kier alpha value is -2.56. The van der Waals surface area contributed by atoms with Crippen molar-refractivity contribution in [3.8, 4) is 11.5 Å². The zero-order valence-electron chi connectivity index (χ0n) is 11.5. The van der Waals surface area contributed by atoms with Crippen molar-refractivity contribution in [1.82, 2.24) is 0 Å². The lowest BCUT2D eigenvalue weighted by atomic mass is 10.0. The summed E-state index contributed by atoms with van der Waals surface area (Å²) in [6.07, 6.45) is 0. The number of carboxylic acids is 1. The van der Waals surface area contributed by atoms with Crippen molar-refractivity contribution in [3.63, 3.8) is 0 Å². The number of para-hydroxylation sites is 2. The molecule has 1 unspecified atom stereocenters. The van der Waals surface area contributed by atoms with Crippen molar-refractivity contribution in [2.24, 2.45) is 0 Å². The van der Waals surface area contributed by atoms with Crippen molar-refractivity contribution in [2.45, 2.75) is 5.92 Å². The van der Waals surface area contributed by atoms with Crippen LogP contribution in [-0.4, -0.2) is 24.8 Å². The molecule has 0 amide bonds. The van der Waals surface area contributed by atoms with Gasteiger partial charge in [0.05, 0.1) is 7.11 Å². The van der Waals surface area contributed by atoms with Gasteiger partial charge in [-0.2, -0.15) is 0 Å². The molecule has 21 heavy (non-hydrogen) atoms. The lowest BCUT2D eigenvalue weighted by Crippen LogP contribution is -2.19. The number of carboxylic acid groups (broad SMARTS) is 1. The first kappa shape index (κ1) is 14.8. The molecule has 0 bridgehead atoms. The Bertz CT molecular complexity index is 627. The second kappa shape index (κ2) is 6.74. The number of benzene rings is 2. The minimum absolute atomic E-state index is 0.112. The van der Waals surface area contributed by atoms with Crippen LogP contribution < -0.4 is 9.47 Å². The van der Waals surface area contributed by atoms with Crippen molar-refractivity contribution in [3.05, 3.63) is 59.9 Å². The van der Waals surface area contributed by atoms with E-state index in [0.717, 1.165) is 0 Å². The fourth-order valence-corrected chi connectivity index (χ4v) is 1.94. The van der Waals surface area contributed by atoms with Crippen molar-refractivity contribution in [1.29, 1.82) is 0 Å². The molecule has 0 spiro atoms. The molecule has 1 N–H and O–H groups in total. The molecule has 0 heterocycles. The number of hydrogen-bond donors (Lipinski definition) is 1. The molecule has 0 radical (unpaired) electrons. The van der Waals surface area contributed by atoms with E-state index in [1.165, 1.54) is 25.3 Å². The Balaban J connectivity index is 2.16. The monoisotopic (exact) mass is 290 g/mol. The van der Waals surface area contributed by atoms with Crippen LogP contribution in [0.25, 0.3) is 0 Å². The Labute approximate surface area is 121 Å². The average Bonchev–Trinajstić information content (AvgIpc) is 2.47. The lowest BCUT2D eigenvalue weighted by molar-refractivity contribution is -0.139. The fourth-order valence-electron chi connectivity index (χ4n) is 1.94. The smallest absolute Gasteiger partial charge is 0.314 e. The van der Waals surface area contributed by atoms with Crippen molar-refractivity contribution < 1.29 is 23.8 Å². The van der Waals surface area contributed by atoms with Gasteiger partial charge in [-0.25, -0.2) is 4.39 Å². The standard InChI is InChI=1S/C16H15FO4/c1-20-14-7-2-3-8-15(14)21-10-13(16(18)19)11-5-4-6-12(17)9-11/h2-9,13H,10H2,1H3,(H,18,19). The summed E-state index contributed by atoms with van der Waals surface area (Å²) in [6, 6.07) is 12.4. The predicted octanol–water partition coefficient (Wildman–Crippen LogP) is 3.08. The van der Waals surface area contributed by atoms with Crippen LogP contribution in [0.15, 0.2) is 48.5 Å². The highest BCUT2D eigenvalue weighted by molar-refractivity contribution is 5.76. The third-order valence-electron chi connectivity index (χ3n) is 3.02. The summed E-state index contributed by atoms with van der Waals surface area (Å²) >= 11 is 0. The molecule has 110 valence electrons. The third kappa shape index (κ3) is 3.72. The van der Waals surface area contributed by atoms with E-state index < -0.39 is 17.7 Å². The van der Waals surface area contributed by atoms with Crippen molar-refractivity contribution in [2.75, 3.05) is 13.7 Å². The Morgan fingerprint density at radius 3 is 2.52 bits per heavy atom. The summed E-state index contributed by atoms with van der Waals surface area (Å²) in [7, 11) is 1.50. The second-order valence-electron chi connectivity index (χ2n) is 4.41. The molecule has 0 aliphatic rings. The van der Waals surface area contributed by atoms with E-state index in [9.17, 15) is 14.3 Å². The summed E-state index contributed by atoms with van der Waals surface area (Å²) in [5.41, 5.74) is 0.359. The predicted molar refractivity (Wildman–Crippen MR) is 75.3 cm³/mol. The molecular weight excluding hydrogens is 275 g/mol. The molecule has 0 aliphatic heterocycles. The third-order valence-corrected chi connectivity index (χ3v) is 3.02. The number of methoxy groups -OCH3 is 1. The number of halogens is 1. The van der Waals surface area contributed by atoms with E-state index in [-0.39, 0.29) is 6.61 Å². The number of rotatable bonds is 6. The maximum atomic E-state index is 13.2. The van der Waals surface area contributed by atoms with Gasteiger partial charge in [0.25, 0.3) is 0 Å². The van der Waals surface area contributed by atoms with E-state index in [2.05, 4.69) is 0 Å². The van der Waals surface area contributed by atoms with Gasteiger partial charge in [-0.05, 0) is 29.8 Å². The van der Waals surface area contributed by atoms with Gasteiger partial charge < -0.3 is 14.6 Å². The summed E-state index contributed by atoms with van der Waals surface area (Å²) in [5, 5.41) is 9.29. The molecule has 2 aromatic carbocycles. The second-order valence-corrected chi connectivity index (χ2v) is 4.41. The molecule has 0 fully saturated rings. The Kier molecular flexibility index (Phi) is 4.77. The van der Waals surface area contributed by atoms with Gasteiger partial charge in [0.2, 0.25) is 0 Å². The minimum atomic E-state index is -1.07.